The first-order valence-electron chi connectivity index (χ1n) is 13.4. The number of ether oxygens (including phenoxy) is 4. The molecule has 0 radical (unpaired) electrons. The van der Waals surface area contributed by atoms with Crippen LogP contribution in [-0.4, -0.2) is 61.9 Å². The topological polar surface area (TPSA) is 74.3 Å². The van der Waals surface area contributed by atoms with E-state index in [2.05, 4.69) is 11.8 Å². The molecule has 36 heavy (non-hydrogen) atoms. The van der Waals surface area contributed by atoms with Crippen molar-refractivity contribution in [2.45, 2.75) is 70.1 Å². The van der Waals surface area contributed by atoms with Crippen LogP contribution in [0.15, 0.2) is 24.3 Å². The number of nitrogens with zero attached hydrogens (tertiary/aromatic N) is 1. The molecule has 7 nitrogen and oxygen atoms in total. The molecule has 0 unspecified atom stereocenters. The molecule has 196 valence electrons. The number of carbonyl (C=O) groups excluding carboxylic acids is 2. The lowest BCUT2D eigenvalue weighted by Gasteiger charge is -2.68. The van der Waals surface area contributed by atoms with E-state index in [-0.39, 0.29) is 29.4 Å². The van der Waals surface area contributed by atoms with Crippen LogP contribution in [0.1, 0.15) is 57.9 Å². The smallest absolute Gasteiger partial charge is 0.331 e. The highest BCUT2D eigenvalue weighted by Crippen LogP contribution is 2.61. The number of methoxy groups -OCH3 is 2. The van der Waals surface area contributed by atoms with Crippen LogP contribution in [0.25, 0.3) is 6.08 Å². The number of benzene rings is 1. The fourth-order valence-corrected chi connectivity index (χ4v) is 8.14. The second-order valence-electron chi connectivity index (χ2n) is 11.1. The fraction of sp³-hybridized carbons (Fsp3) is 0.655. The minimum absolute atomic E-state index is 0.0491. The van der Waals surface area contributed by atoms with Crippen LogP contribution in [0.4, 0.5) is 0 Å². The van der Waals surface area contributed by atoms with Crippen LogP contribution < -0.4 is 9.47 Å². The molecule has 5 rings (SSSR count). The molecule has 2 saturated carbocycles. The maximum Gasteiger partial charge on any atom is 0.331 e. The van der Waals surface area contributed by atoms with Crippen molar-refractivity contribution in [1.82, 2.24) is 4.90 Å². The SMILES string of the molecule is COc1ccc(/C=C/C(=O)O[C@@H]2[C@@H](OC(C)=O)[C@@H]3C[C@@H](C)C[C@]45[C@@H]3CCCN4CCC[C@H]25)cc1OC. The molecule has 2 bridgehead atoms. The summed E-state index contributed by atoms with van der Waals surface area (Å²) >= 11 is 0. The quantitative estimate of drug-likeness (QED) is 0.424. The maximum atomic E-state index is 13.2. The lowest BCUT2D eigenvalue weighted by atomic mass is 9.47. The molecule has 0 N–H and O–H groups in total. The van der Waals surface area contributed by atoms with Gasteiger partial charge >= 0.3 is 11.9 Å². The molecular weight excluding hydrogens is 458 g/mol. The first kappa shape index (κ1) is 25.1. The summed E-state index contributed by atoms with van der Waals surface area (Å²) in [5.41, 5.74) is 0.860. The molecule has 0 aromatic heterocycles. The number of esters is 2. The van der Waals surface area contributed by atoms with Crippen molar-refractivity contribution < 1.29 is 28.5 Å². The second kappa shape index (κ2) is 10.1. The third kappa shape index (κ3) is 4.29. The van der Waals surface area contributed by atoms with E-state index in [4.69, 9.17) is 18.9 Å². The van der Waals surface area contributed by atoms with E-state index in [1.165, 1.54) is 25.8 Å². The Bertz CT molecular complexity index is 1020. The van der Waals surface area contributed by atoms with Gasteiger partial charge in [-0.25, -0.2) is 4.79 Å². The molecule has 2 saturated heterocycles. The highest BCUT2D eigenvalue weighted by molar-refractivity contribution is 5.87. The van der Waals surface area contributed by atoms with Crippen molar-refractivity contribution >= 4 is 18.0 Å². The third-order valence-corrected chi connectivity index (χ3v) is 9.14. The molecule has 2 aliphatic carbocycles. The number of hydrogen-bond acceptors (Lipinski definition) is 7. The monoisotopic (exact) mass is 497 g/mol. The van der Waals surface area contributed by atoms with Gasteiger partial charge in [0.15, 0.2) is 11.5 Å². The Kier molecular flexibility index (Phi) is 7.03. The Labute approximate surface area is 214 Å². The van der Waals surface area contributed by atoms with Gasteiger partial charge in [-0.15, -0.1) is 0 Å². The first-order valence-corrected chi connectivity index (χ1v) is 13.4. The summed E-state index contributed by atoms with van der Waals surface area (Å²) in [6, 6.07) is 5.49. The largest absolute Gasteiger partial charge is 0.493 e. The third-order valence-electron chi connectivity index (χ3n) is 9.14. The van der Waals surface area contributed by atoms with Gasteiger partial charge < -0.3 is 18.9 Å². The average molecular weight is 498 g/mol. The van der Waals surface area contributed by atoms with Crippen LogP contribution in [-0.2, 0) is 19.1 Å². The lowest BCUT2D eigenvalue weighted by molar-refractivity contribution is -0.247. The highest BCUT2D eigenvalue weighted by atomic mass is 16.6. The van der Waals surface area contributed by atoms with Crippen molar-refractivity contribution in [2.24, 2.45) is 23.7 Å². The molecule has 4 fully saturated rings. The molecule has 1 aromatic carbocycles. The molecule has 1 spiro atoms. The zero-order valence-corrected chi connectivity index (χ0v) is 21.9. The van der Waals surface area contributed by atoms with E-state index >= 15 is 0 Å². The molecule has 2 heterocycles. The standard InChI is InChI=1S/C29H39NO6/c1-18-15-21-22-7-5-13-30-14-6-8-23(29(22,30)17-18)28(27(21)35-19(2)31)36-26(32)12-10-20-9-11-24(33-3)25(16-20)34-4/h9-12,16,18,21-23,27-28H,5-8,13-15,17H2,1-4H3/b12-10+/t18-,21-,22-,23-,27+,28+,29-/m1/s1. The Hall–Kier alpha value is -2.54. The Morgan fingerprint density at radius 2 is 1.72 bits per heavy atom. The lowest BCUT2D eigenvalue weighted by Crippen LogP contribution is -2.75. The van der Waals surface area contributed by atoms with Crippen molar-refractivity contribution in [2.75, 3.05) is 27.3 Å². The predicted molar refractivity (Wildman–Crippen MR) is 136 cm³/mol. The molecule has 7 atom stereocenters. The van der Waals surface area contributed by atoms with Crippen molar-refractivity contribution in [3.63, 3.8) is 0 Å². The normalized spacial score (nSPS) is 35.6. The maximum absolute atomic E-state index is 13.2. The molecule has 1 aromatic rings. The van der Waals surface area contributed by atoms with Gasteiger partial charge in [-0.3, -0.25) is 9.69 Å². The minimum atomic E-state index is -0.425. The van der Waals surface area contributed by atoms with Crippen molar-refractivity contribution in [1.29, 1.82) is 0 Å². The molecule has 2 aliphatic heterocycles. The number of piperidine rings is 2. The van der Waals surface area contributed by atoms with Crippen LogP contribution in [0.5, 0.6) is 11.5 Å². The predicted octanol–water partition coefficient (Wildman–Crippen LogP) is 4.48. The van der Waals surface area contributed by atoms with E-state index in [0.717, 1.165) is 44.3 Å². The van der Waals surface area contributed by atoms with Gasteiger partial charge in [0.2, 0.25) is 0 Å². The highest BCUT2D eigenvalue weighted by Gasteiger charge is 2.67. The summed E-state index contributed by atoms with van der Waals surface area (Å²) in [5, 5.41) is 0. The minimum Gasteiger partial charge on any atom is -0.493 e. The van der Waals surface area contributed by atoms with E-state index in [0.29, 0.717) is 23.3 Å². The molecule has 4 aliphatic rings. The van der Waals surface area contributed by atoms with Gasteiger partial charge in [-0.05, 0) is 87.2 Å². The average Bonchev–Trinajstić information content (AvgIpc) is 2.86. The van der Waals surface area contributed by atoms with E-state index in [1.807, 2.05) is 18.2 Å². The number of hydrogen-bond donors (Lipinski definition) is 0. The van der Waals surface area contributed by atoms with Crippen LogP contribution in [0.3, 0.4) is 0 Å². The second-order valence-corrected chi connectivity index (χ2v) is 11.1. The molecular formula is C29H39NO6. The van der Waals surface area contributed by atoms with Gasteiger partial charge in [0.1, 0.15) is 12.2 Å². The summed E-state index contributed by atoms with van der Waals surface area (Å²) in [5.74, 6) is 1.99. The van der Waals surface area contributed by atoms with E-state index in [1.54, 1.807) is 20.3 Å². The molecule has 0 amide bonds. The Balaban J connectivity index is 1.43. The van der Waals surface area contributed by atoms with Crippen molar-refractivity contribution in [3.8, 4) is 11.5 Å². The zero-order chi connectivity index (χ0) is 25.4. The Morgan fingerprint density at radius 1 is 1.00 bits per heavy atom. The summed E-state index contributed by atoms with van der Waals surface area (Å²) < 4.78 is 22.9. The van der Waals surface area contributed by atoms with Gasteiger partial charge in [0.05, 0.1) is 14.2 Å². The number of rotatable bonds is 6. The van der Waals surface area contributed by atoms with Crippen LogP contribution >= 0.6 is 0 Å². The van der Waals surface area contributed by atoms with Gasteiger partial charge in [-0.1, -0.05) is 13.0 Å². The number of carbonyl (C=O) groups is 2. The van der Waals surface area contributed by atoms with E-state index in [9.17, 15) is 9.59 Å². The summed E-state index contributed by atoms with van der Waals surface area (Å²) in [6.45, 7) is 6.03. The van der Waals surface area contributed by atoms with E-state index < -0.39 is 12.1 Å². The van der Waals surface area contributed by atoms with Gasteiger partial charge in [0.25, 0.3) is 0 Å². The summed E-state index contributed by atoms with van der Waals surface area (Å²) in [6.07, 6.45) is 8.98. The van der Waals surface area contributed by atoms with Crippen molar-refractivity contribution in [3.05, 3.63) is 29.8 Å². The fourth-order valence-electron chi connectivity index (χ4n) is 8.14. The summed E-state index contributed by atoms with van der Waals surface area (Å²) in [7, 11) is 3.17. The Morgan fingerprint density at radius 3 is 2.42 bits per heavy atom. The summed E-state index contributed by atoms with van der Waals surface area (Å²) in [4.78, 5) is 28.1. The first-order chi connectivity index (χ1) is 17.4. The van der Waals surface area contributed by atoms with Gasteiger partial charge in [-0.2, -0.15) is 0 Å². The van der Waals surface area contributed by atoms with Gasteiger partial charge in [0, 0.05) is 30.4 Å². The van der Waals surface area contributed by atoms with Crippen LogP contribution in [0, 0.1) is 23.7 Å². The van der Waals surface area contributed by atoms with Crippen LogP contribution in [0.2, 0.25) is 0 Å². The zero-order valence-electron chi connectivity index (χ0n) is 21.9. The molecule has 7 heteroatoms.